The number of nitrogens with zero attached hydrogens (tertiary/aromatic N) is 2. The zero-order chi connectivity index (χ0) is 10.9. The summed E-state index contributed by atoms with van der Waals surface area (Å²) in [7, 11) is 0. The van der Waals surface area contributed by atoms with Gasteiger partial charge < -0.3 is 4.52 Å². The van der Waals surface area contributed by atoms with Gasteiger partial charge in [0.15, 0.2) is 6.26 Å². The zero-order valence-corrected chi connectivity index (χ0v) is 9.19. The van der Waals surface area contributed by atoms with E-state index >= 15 is 0 Å². The molecule has 0 aliphatic heterocycles. The van der Waals surface area contributed by atoms with Gasteiger partial charge in [-0.25, -0.2) is 0 Å². The van der Waals surface area contributed by atoms with Crippen LogP contribution in [0.2, 0.25) is 0 Å². The smallest absolute Gasteiger partial charge is 0.152 e. The highest BCUT2D eigenvalue weighted by atomic mass is 16.5. The average Bonchev–Trinajstić information content (AvgIpc) is 2.69. The summed E-state index contributed by atoms with van der Waals surface area (Å²) in [6, 6.07) is 8.31. The molecule has 78 valence electrons. The quantitative estimate of drug-likeness (QED) is 0.713. The van der Waals surface area contributed by atoms with Crippen LogP contribution in [0, 0.1) is 0 Å². The standard InChI is InChI=1S/C12H14N2O/c1-12(2,3)10-6-4-9(5-7-10)11-8-15-14-13-11/h4-8H,1-3H3. The molecule has 0 saturated heterocycles. The maximum absolute atomic E-state index is 4.71. The molecule has 2 aromatic rings. The Morgan fingerprint density at radius 1 is 1.07 bits per heavy atom. The van der Waals surface area contributed by atoms with Crippen LogP contribution in [0.4, 0.5) is 0 Å². The summed E-state index contributed by atoms with van der Waals surface area (Å²) < 4.78 is 4.71. The zero-order valence-electron chi connectivity index (χ0n) is 9.19. The predicted octanol–water partition coefficient (Wildman–Crippen LogP) is 3.03. The van der Waals surface area contributed by atoms with Gasteiger partial charge in [-0.05, 0) is 11.0 Å². The predicted molar refractivity (Wildman–Crippen MR) is 58.4 cm³/mol. The van der Waals surface area contributed by atoms with E-state index in [0.29, 0.717) is 0 Å². The van der Waals surface area contributed by atoms with Crippen LogP contribution < -0.4 is 0 Å². The minimum atomic E-state index is 0.181. The fourth-order valence-electron chi connectivity index (χ4n) is 1.43. The maximum Gasteiger partial charge on any atom is 0.152 e. The molecule has 0 atom stereocenters. The summed E-state index contributed by atoms with van der Waals surface area (Å²) in [6.07, 6.45) is 1.55. The van der Waals surface area contributed by atoms with Gasteiger partial charge in [0.05, 0.1) is 0 Å². The first-order valence-electron chi connectivity index (χ1n) is 4.95. The number of hydrogen-bond acceptors (Lipinski definition) is 3. The van der Waals surface area contributed by atoms with E-state index in [0.717, 1.165) is 11.3 Å². The highest BCUT2D eigenvalue weighted by Gasteiger charge is 2.13. The lowest BCUT2D eigenvalue weighted by molar-refractivity contribution is 0.393. The SMILES string of the molecule is CC(C)(C)c1ccc(-c2conn2)cc1. The van der Waals surface area contributed by atoms with Crippen LogP contribution in [0.3, 0.4) is 0 Å². The summed E-state index contributed by atoms with van der Waals surface area (Å²) in [5.74, 6) is 0. The summed E-state index contributed by atoms with van der Waals surface area (Å²) in [4.78, 5) is 0. The third kappa shape index (κ3) is 2.06. The third-order valence-corrected chi connectivity index (χ3v) is 2.41. The summed E-state index contributed by atoms with van der Waals surface area (Å²) in [6.45, 7) is 6.58. The van der Waals surface area contributed by atoms with Crippen LogP contribution in [0.15, 0.2) is 35.1 Å². The fraction of sp³-hybridized carbons (Fsp3) is 0.333. The molecule has 1 aromatic carbocycles. The van der Waals surface area contributed by atoms with Crippen molar-refractivity contribution in [3.8, 4) is 11.3 Å². The first-order chi connectivity index (χ1) is 7.07. The van der Waals surface area contributed by atoms with Crippen LogP contribution >= 0.6 is 0 Å². The normalized spacial score (nSPS) is 11.7. The molecule has 3 nitrogen and oxygen atoms in total. The average molecular weight is 202 g/mol. The van der Waals surface area contributed by atoms with E-state index in [-0.39, 0.29) is 5.41 Å². The Hall–Kier alpha value is -1.64. The lowest BCUT2D eigenvalue weighted by Crippen LogP contribution is -2.10. The third-order valence-electron chi connectivity index (χ3n) is 2.41. The van der Waals surface area contributed by atoms with E-state index in [1.54, 1.807) is 6.26 Å². The number of hydrogen-bond donors (Lipinski definition) is 0. The Balaban J connectivity index is 2.33. The second kappa shape index (κ2) is 3.50. The van der Waals surface area contributed by atoms with Crippen molar-refractivity contribution in [2.75, 3.05) is 0 Å². The number of benzene rings is 1. The maximum atomic E-state index is 4.71. The van der Waals surface area contributed by atoms with Gasteiger partial charge in [-0.3, -0.25) is 0 Å². The minimum absolute atomic E-state index is 0.181. The Labute approximate surface area is 89.1 Å². The van der Waals surface area contributed by atoms with Crippen molar-refractivity contribution in [2.45, 2.75) is 26.2 Å². The van der Waals surface area contributed by atoms with Gasteiger partial charge in [0, 0.05) is 10.8 Å². The first-order valence-corrected chi connectivity index (χ1v) is 4.95. The van der Waals surface area contributed by atoms with Gasteiger partial charge in [0.1, 0.15) is 5.69 Å². The van der Waals surface area contributed by atoms with Crippen molar-refractivity contribution in [1.82, 2.24) is 10.4 Å². The number of rotatable bonds is 1. The van der Waals surface area contributed by atoms with Crippen molar-refractivity contribution < 1.29 is 4.52 Å². The van der Waals surface area contributed by atoms with E-state index in [1.807, 2.05) is 12.1 Å². The summed E-state index contributed by atoms with van der Waals surface area (Å²) in [5, 5.41) is 7.31. The van der Waals surface area contributed by atoms with Crippen LogP contribution in [0.5, 0.6) is 0 Å². The van der Waals surface area contributed by atoms with Gasteiger partial charge in [-0.15, -0.1) is 5.10 Å². The topological polar surface area (TPSA) is 38.9 Å². The Morgan fingerprint density at radius 2 is 1.73 bits per heavy atom. The second-order valence-corrected chi connectivity index (χ2v) is 4.62. The van der Waals surface area contributed by atoms with Crippen molar-refractivity contribution in [2.24, 2.45) is 0 Å². The summed E-state index contributed by atoms with van der Waals surface area (Å²) >= 11 is 0. The molecule has 0 bridgehead atoms. The number of aromatic nitrogens is 2. The van der Waals surface area contributed by atoms with Crippen LogP contribution in [0.25, 0.3) is 11.3 Å². The lowest BCUT2D eigenvalue weighted by Gasteiger charge is -2.18. The van der Waals surface area contributed by atoms with E-state index in [4.69, 9.17) is 4.52 Å². The Morgan fingerprint density at radius 3 is 2.20 bits per heavy atom. The molecule has 0 fully saturated rings. The minimum Gasteiger partial charge on any atom is -0.345 e. The molecule has 1 aromatic heterocycles. The van der Waals surface area contributed by atoms with Crippen molar-refractivity contribution in [3.05, 3.63) is 36.1 Å². The second-order valence-electron chi connectivity index (χ2n) is 4.62. The largest absolute Gasteiger partial charge is 0.345 e. The molecule has 0 amide bonds. The van der Waals surface area contributed by atoms with Gasteiger partial charge >= 0.3 is 0 Å². The van der Waals surface area contributed by atoms with E-state index in [2.05, 4.69) is 43.3 Å². The van der Waals surface area contributed by atoms with Gasteiger partial charge in [0.25, 0.3) is 0 Å². The summed E-state index contributed by atoms with van der Waals surface area (Å²) in [5.41, 5.74) is 3.29. The van der Waals surface area contributed by atoms with Crippen molar-refractivity contribution >= 4 is 0 Å². The van der Waals surface area contributed by atoms with Crippen LogP contribution in [0.1, 0.15) is 26.3 Å². The molecule has 0 unspecified atom stereocenters. The molecule has 2 rings (SSSR count). The monoisotopic (exact) mass is 202 g/mol. The molecule has 3 heteroatoms. The first kappa shape index (κ1) is 9.90. The van der Waals surface area contributed by atoms with Gasteiger partial charge in [-0.1, -0.05) is 45.0 Å². The molecule has 15 heavy (non-hydrogen) atoms. The highest BCUT2D eigenvalue weighted by molar-refractivity contribution is 5.57. The molecule has 0 spiro atoms. The molecular formula is C12H14N2O. The van der Waals surface area contributed by atoms with Crippen molar-refractivity contribution in [1.29, 1.82) is 0 Å². The fourth-order valence-corrected chi connectivity index (χ4v) is 1.43. The van der Waals surface area contributed by atoms with Gasteiger partial charge in [-0.2, -0.15) is 0 Å². The van der Waals surface area contributed by atoms with Crippen LogP contribution in [-0.2, 0) is 5.41 Å². The van der Waals surface area contributed by atoms with Crippen LogP contribution in [-0.4, -0.2) is 10.4 Å². The van der Waals surface area contributed by atoms with E-state index in [9.17, 15) is 0 Å². The van der Waals surface area contributed by atoms with E-state index < -0.39 is 0 Å². The Bertz CT molecular complexity index is 424. The molecule has 0 radical (unpaired) electrons. The molecule has 0 saturated carbocycles. The van der Waals surface area contributed by atoms with Crippen molar-refractivity contribution in [3.63, 3.8) is 0 Å². The molecule has 0 N–H and O–H groups in total. The van der Waals surface area contributed by atoms with Gasteiger partial charge in [0.2, 0.25) is 0 Å². The lowest BCUT2D eigenvalue weighted by atomic mass is 9.86. The molecule has 0 aliphatic carbocycles. The molecular weight excluding hydrogens is 188 g/mol. The molecule has 1 heterocycles. The van der Waals surface area contributed by atoms with E-state index in [1.165, 1.54) is 5.56 Å². The molecule has 0 aliphatic rings. The Kier molecular flexibility index (Phi) is 2.31. The highest BCUT2D eigenvalue weighted by Crippen LogP contribution is 2.24.